The van der Waals surface area contributed by atoms with Crippen molar-refractivity contribution >= 4 is 34.8 Å². The van der Waals surface area contributed by atoms with Gasteiger partial charge in [0.15, 0.2) is 12.1 Å². The Balaban J connectivity index is 1.70. The summed E-state index contributed by atoms with van der Waals surface area (Å²) in [5, 5.41) is 9.95. The summed E-state index contributed by atoms with van der Waals surface area (Å²) >= 11 is 6.01. The Morgan fingerprint density at radius 1 is 1.04 bits per heavy atom. The number of carbonyl (C=O) groups excluding carboxylic acids is 2. The van der Waals surface area contributed by atoms with Gasteiger partial charge in [-0.25, -0.2) is 9.91 Å². The van der Waals surface area contributed by atoms with Crippen LogP contribution in [0.2, 0.25) is 5.02 Å². The van der Waals surface area contributed by atoms with E-state index in [9.17, 15) is 9.59 Å². The van der Waals surface area contributed by atoms with Crippen molar-refractivity contribution in [1.29, 1.82) is 0 Å². The lowest BCUT2D eigenvalue weighted by Gasteiger charge is -2.20. The lowest BCUT2D eigenvalue weighted by molar-refractivity contribution is -0.121. The van der Waals surface area contributed by atoms with Crippen LogP contribution in [-0.4, -0.2) is 31.0 Å². The van der Waals surface area contributed by atoms with Crippen LogP contribution in [0.4, 0.5) is 11.4 Å². The zero-order valence-corrected chi connectivity index (χ0v) is 13.9. The third kappa shape index (κ3) is 2.44. The van der Waals surface area contributed by atoms with Crippen LogP contribution in [0.1, 0.15) is 0 Å². The summed E-state index contributed by atoms with van der Waals surface area (Å²) < 4.78 is 5.17. The van der Waals surface area contributed by atoms with Gasteiger partial charge in [-0.3, -0.25) is 9.59 Å². The summed E-state index contributed by atoms with van der Waals surface area (Å²) in [6.07, 6.45) is 0. The van der Waals surface area contributed by atoms with Crippen molar-refractivity contribution in [2.24, 2.45) is 10.3 Å². The molecule has 2 aliphatic heterocycles. The van der Waals surface area contributed by atoms with Crippen LogP contribution in [0.3, 0.4) is 0 Å². The fourth-order valence-corrected chi connectivity index (χ4v) is 3.18. The van der Waals surface area contributed by atoms with Crippen molar-refractivity contribution in [2.75, 3.05) is 17.0 Å². The van der Waals surface area contributed by atoms with Gasteiger partial charge in [0, 0.05) is 11.1 Å². The number of halogens is 1. The summed E-state index contributed by atoms with van der Waals surface area (Å²) in [7, 11) is 1.52. The third-order valence-electron chi connectivity index (χ3n) is 4.17. The smallest absolute Gasteiger partial charge is 0.263 e. The van der Waals surface area contributed by atoms with Crippen molar-refractivity contribution in [3.05, 3.63) is 53.6 Å². The number of fused-ring (bicyclic) bond motifs is 1. The van der Waals surface area contributed by atoms with Gasteiger partial charge in [-0.05, 0) is 30.3 Å². The Bertz CT molecular complexity index is 901. The van der Waals surface area contributed by atoms with Crippen molar-refractivity contribution in [1.82, 2.24) is 0 Å². The van der Waals surface area contributed by atoms with E-state index in [2.05, 4.69) is 10.3 Å². The number of rotatable bonds is 3. The van der Waals surface area contributed by atoms with Crippen LogP contribution >= 0.6 is 11.6 Å². The molecule has 1 fully saturated rings. The first-order valence-electron chi connectivity index (χ1n) is 7.57. The number of nitrogens with zero attached hydrogens (tertiary/aromatic N) is 4. The first-order valence-corrected chi connectivity index (χ1v) is 7.95. The molecule has 0 saturated carbocycles. The second-order valence-electron chi connectivity index (χ2n) is 5.63. The van der Waals surface area contributed by atoms with Gasteiger partial charge in [0.2, 0.25) is 0 Å². The van der Waals surface area contributed by atoms with E-state index in [1.54, 1.807) is 48.5 Å². The number of anilines is 2. The Morgan fingerprint density at radius 2 is 1.80 bits per heavy atom. The molecule has 0 spiro atoms. The average Bonchev–Trinajstić information content (AvgIpc) is 3.16. The van der Waals surface area contributed by atoms with E-state index in [0.29, 0.717) is 22.1 Å². The first-order chi connectivity index (χ1) is 12.1. The number of methoxy groups -OCH3 is 1. The summed E-state index contributed by atoms with van der Waals surface area (Å²) in [6.45, 7) is 0. The summed E-state index contributed by atoms with van der Waals surface area (Å²) in [4.78, 5) is 26.8. The van der Waals surface area contributed by atoms with Gasteiger partial charge in [-0.2, -0.15) is 5.11 Å². The molecule has 0 bridgehead atoms. The zero-order chi connectivity index (χ0) is 17.6. The highest BCUT2D eigenvalue weighted by molar-refractivity contribution is 6.31. The molecular weight excluding hydrogens is 344 g/mol. The maximum Gasteiger partial charge on any atom is 0.263 e. The van der Waals surface area contributed by atoms with Gasteiger partial charge >= 0.3 is 0 Å². The summed E-state index contributed by atoms with van der Waals surface area (Å²) in [5.41, 5.74) is 1.06. The molecule has 2 amide bonds. The van der Waals surface area contributed by atoms with Crippen LogP contribution in [0.5, 0.6) is 5.75 Å². The summed E-state index contributed by atoms with van der Waals surface area (Å²) in [5.74, 6) is -0.228. The molecular formula is C17H13ClN4O3. The first kappa shape index (κ1) is 15.6. The number of hydrogen-bond donors (Lipinski definition) is 0. The molecule has 126 valence electrons. The average molecular weight is 357 g/mol. The van der Waals surface area contributed by atoms with E-state index in [1.165, 1.54) is 12.1 Å². The molecule has 0 N–H and O–H groups in total. The number of amides is 2. The molecule has 0 unspecified atom stereocenters. The lowest BCUT2D eigenvalue weighted by Crippen LogP contribution is -2.39. The zero-order valence-electron chi connectivity index (χ0n) is 13.2. The number of carbonyl (C=O) groups is 2. The molecule has 2 heterocycles. The SMILES string of the molecule is COc1cccc(N2C(=O)[C@@H]3[C@@H](N=NN3c3cccc(Cl)c3)C2=O)c1. The number of hydrogen-bond acceptors (Lipinski definition) is 6. The minimum Gasteiger partial charge on any atom is -0.497 e. The Kier molecular flexibility index (Phi) is 3.65. The highest BCUT2D eigenvalue weighted by Crippen LogP contribution is 2.36. The van der Waals surface area contributed by atoms with Gasteiger partial charge in [0.1, 0.15) is 5.75 Å². The standard InChI is InChI=1S/C17H13ClN4O3/c1-25-13-7-3-5-11(9-13)21-16(23)14-15(17(21)24)22(20-19-14)12-6-2-4-10(18)8-12/h2-9,14-15H,1H3/t14-,15+/m1/s1. The molecule has 25 heavy (non-hydrogen) atoms. The normalized spacial score (nSPS) is 21.8. The number of ether oxygens (including phenoxy) is 1. The van der Waals surface area contributed by atoms with Crippen LogP contribution < -0.4 is 14.6 Å². The van der Waals surface area contributed by atoms with Crippen LogP contribution in [0, 0.1) is 0 Å². The predicted molar refractivity (Wildman–Crippen MR) is 91.9 cm³/mol. The van der Waals surface area contributed by atoms with E-state index in [1.807, 2.05) is 0 Å². The van der Waals surface area contributed by atoms with Gasteiger partial charge in [-0.1, -0.05) is 29.0 Å². The third-order valence-corrected chi connectivity index (χ3v) is 4.40. The highest BCUT2D eigenvalue weighted by atomic mass is 35.5. The van der Waals surface area contributed by atoms with Gasteiger partial charge < -0.3 is 4.74 Å². The van der Waals surface area contributed by atoms with Crippen LogP contribution in [0.15, 0.2) is 58.9 Å². The fraction of sp³-hybridized carbons (Fsp3) is 0.176. The molecule has 4 rings (SSSR count). The lowest BCUT2D eigenvalue weighted by atomic mass is 10.1. The van der Waals surface area contributed by atoms with E-state index in [4.69, 9.17) is 16.3 Å². The maximum atomic E-state index is 12.9. The molecule has 2 aromatic rings. The van der Waals surface area contributed by atoms with Crippen molar-refractivity contribution in [3.8, 4) is 5.75 Å². The van der Waals surface area contributed by atoms with Crippen LogP contribution in [-0.2, 0) is 9.59 Å². The second kappa shape index (κ2) is 5.86. The number of benzene rings is 2. The maximum absolute atomic E-state index is 12.9. The molecule has 2 atom stereocenters. The Morgan fingerprint density at radius 3 is 2.56 bits per heavy atom. The van der Waals surface area contributed by atoms with E-state index in [-0.39, 0.29) is 5.91 Å². The van der Waals surface area contributed by atoms with Crippen molar-refractivity contribution < 1.29 is 14.3 Å². The quantitative estimate of drug-likeness (QED) is 0.792. The van der Waals surface area contributed by atoms with E-state index < -0.39 is 18.0 Å². The molecule has 8 heteroatoms. The van der Waals surface area contributed by atoms with Gasteiger partial charge in [-0.15, -0.1) is 0 Å². The van der Waals surface area contributed by atoms with Crippen LogP contribution in [0.25, 0.3) is 0 Å². The minimum absolute atomic E-state index is 0.381. The molecule has 7 nitrogen and oxygen atoms in total. The second-order valence-corrected chi connectivity index (χ2v) is 6.07. The molecule has 0 aliphatic carbocycles. The largest absolute Gasteiger partial charge is 0.497 e. The van der Waals surface area contributed by atoms with Gasteiger partial charge in [0.25, 0.3) is 11.8 Å². The topological polar surface area (TPSA) is 74.6 Å². The molecule has 2 aliphatic rings. The Labute approximate surface area is 148 Å². The van der Waals surface area contributed by atoms with E-state index in [0.717, 1.165) is 4.90 Å². The highest BCUT2D eigenvalue weighted by Gasteiger charge is 2.55. The molecule has 2 aromatic carbocycles. The van der Waals surface area contributed by atoms with Gasteiger partial charge in [0.05, 0.1) is 18.5 Å². The van der Waals surface area contributed by atoms with Crippen molar-refractivity contribution in [3.63, 3.8) is 0 Å². The molecule has 0 aromatic heterocycles. The monoisotopic (exact) mass is 356 g/mol. The minimum atomic E-state index is -0.863. The fourth-order valence-electron chi connectivity index (χ4n) is 3.00. The number of imide groups is 1. The van der Waals surface area contributed by atoms with E-state index >= 15 is 0 Å². The molecule has 0 radical (unpaired) electrons. The summed E-state index contributed by atoms with van der Waals surface area (Å²) in [6, 6.07) is 12.0. The van der Waals surface area contributed by atoms with Crippen molar-refractivity contribution in [2.45, 2.75) is 12.1 Å². The Hall–Kier alpha value is -2.93. The predicted octanol–water partition coefficient (Wildman–Crippen LogP) is 2.85. The molecule has 1 saturated heterocycles.